The topological polar surface area (TPSA) is 40.5 Å². The van der Waals surface area contributed by atoms with Crippen molar-refractivity contribution >= 4 is 8.56 Å². The molecular formula is C2H9LiO2Si. The smallest absolute Gasteiger partial charge is 1.00 e. The summed E-state index contributed by atoms with van der Waals surface area (Å²) in [6, 6.07) is 0. The van der Waals surface area contributed by atoms with Crippen LogP contribution >= 0.6 is 0 Å². The summed E-state index contributed by atoms with van der Waals surface area (Å²) in [5.41, 5.74) is 0. The predicted molar refractivity (Wildman–Crippen MR) is 23.0 cm³/mol. The second-order valence-electron chi connectivity index (χ2n) is 1.49. The molecule has 0 unspecified atom stereocenters. The molecule has 0 aromatic carbocycles. The fraction of sp³-hybridized carbons (Fsp3) is 1.00. The number of rotatable bonds is 0. The van der Waals surface area contributed by atoms with E-state index in [1.165, 1.54) is 13.1 Å². The SMILES string of the molecule is C[Si](C)(O)O.[H-].[Li+]. The van der Waals surface area contributed by atoms with Gasteiger partial charge in [-0.25, -0.2) is 0 Å². The van der Waals surface area contributed by atoms with Crippen molar-refractivity contribution < 1.29 is 29.9 Å². The maximum Gasteiger partial charge on any atom is 1.00 e. The van der Waals surface area contributed by atoms with E-state index in [1.807, 2.05) is 0 Å². The Bertz CT molecular complexity index is 31.2. The molecule has 0 spiro atoms. The van der Waals surface area contributed by atoms with Gasteiger partial charge in [0.1, 0.15) is 0 Å². The average molecular weight is 100 g/mol. The largest absolute Gasteiger partial charge is 1.00 e. The number of hydrogen-bond donors (Lipinski definition) is 2. The molecule has 0 heterocycles. The molecule has 2 N–H and O–H groups in total. The summed E-state index contributed by atoms with van der Waals surface area (Å²) in [4.78, 5) is 16.4. The van der Waals surface area contributed by atoms with Crippen LogP contribution in [0.3, 0.4) is 0 Å². The van der Waals surface area contributed by atoms with E-state index in [1.54, 1.807) is 0 Å². The van der Waals surface area contributed by atoms with Crippen LogP contribution in [0.25, 0.3) is 0 Å². The minimum absolute atomic E-state index is 0. The quantitative estimate of drug-likeness (QED) is 0.315. The summed E-state index contributed by atoms with van der Waals surface area (Å²) < 4.78 is 0. The second-order valence-corrected chi connectivity index (χ2v) is 4.48. The molecule has 0 aliphatic rings. The molecule has 0 aliphatic heterocycles. The van der Waals surface area contributed by atoms with Gasteiger partial charge in [-0.3, -0.25) is 0 Å². The van der Waals surface area contributed by atoms with Crippen LogP contribution < -0.4 is 18.9 Å². The van der Waals surface area contributed by atoms with Gasteiger partial charge in [-0.05, 0) is 13.1 Å². The normalized spacial score (nSPS) is 10.0. The van der Waals surface area contributed by atoms with E-state index in [0.717, 1.165) is 0 Å². The zero-order valence-electron chi connectivity index (χ0n) is 5.39. The molecule has 0 radical (unpaired) electrons. The summed E-state index contributed by atoms with van der Waals surface area (Å²) >= 11 is 0. The van der Waals surface area contributed by atoms with E-state index < -0.39 is 8.56 Å². The molecule has 4 heteroatoms. The number of hydrogen-bond acceptors (Lipinski definition) is 2. The van der Waals surface area contributed by atoms with E-state index in [9.17, 15) is 0 Å². The van der Waals surface area contributed by atoms with Gasteiger partial charge in [0, 0.05) is 0 Å². The molecule has 0 atom stereocenters. The van der Waals surface area contributed by atoms with Crippen molar-refractivity contribution in [2.75, 3.05) is 0 Å². The molecule has 0 saturated heterocycles. The summed E-state index contributed by atoms with van der Waals surface area (Å²) in [6.45, 7) is 2.88. The molecular weight excluding hydrogens is 91.0 g/mol. The third kappa shape index (κ3) is 122. The van der Waals surface area contributed by atoms with Crippen LogP contribution in [-0.4, -0.2) is 18.2 Å². The van der Waals surface area contributed by atoms with Crippen LogP contribution in [0.4, 0.5) is 0 Å². The first-order chi connectivity index (χ1) is 2.00. The Morgan fingerprint density at radius 2 is 1.33 bits per heavy atom. The Hall–Kier alpha value is 0.734. The third-order valence-corrected chi connectivity index (χ3v) is 0. The summed E-state index contributed by atoms with van der Waals surface area (Å²) in [5, 5.41) is 0. The molecule has 6 heavy (non-hydrogen) atoms. The van der Waals surface area contributed by atoms with Gasteiger partial charge in [-0.1, -0.05) is 0 Å². The molecule has 2 nitrogen and oxygen atoms in total. The van der Waals surface area contributed by atoms with Gasteiger partial charge in [0.15, 0.2) is 0 Å². The maximum absolute atomic E-state index is 8.22. The first-order valence-electron chi connectivity index (χ1n) is 1.45. The second kappa shape index (κ2) is 2.83. The van der Waals surface area contributed by atoms with Crippen molar-refractivity contribution in [3.63, 3.8) is 0 Å². The fourth-order valence-corrected chi connectivity index (χ4v) is 0. The molecule has 0 amide bonds. The van der Waals surface area contributed by atoms with E-state index >= 15 is 0 Å². The Morgan fingerprint density at radius 3 is 1.33 bits per heavy atom. The van der Waals surface area contributed by atoms with Gasteiger partial charge in [0.05, 0.1) is 0 Å². The fourth-order valence-electron chi connectivity index (χ4n) is 0. The Labute approximate surface area is 52.1 Å². The zero-order valence-corrected chi connectivity index (χ0v) is 5.39. The molecule has 0 bridgehead atoms. The van der Waals surface area contributed by atoms with E-state index in [0.29, 0.717) is 0 Å². The molecule has 0 rings (SSSR count). The Balaban J connectivity index is -0.0000000800. The van der Waals surface area contributed by atoms with Crippen LogP contribution in [0.15, 0.2) is 0 Å². The van der Waals surface area contributed by atoms with Crippen LogP contribution in [0, 0.1) is 0 Å². The molecule has 0 saturated carbocycles. The Kier molecular flexibility index (Phi) is 4.67. The van der Waals surface area contributed by atoms with E-state index in [2.05, 4.69) is 0 Å². The van der Waals surface area contributed by atoms with Crippen LogP contribution in [0.5, 0.6) is 0 Å². The first-order valence-corrected chi connectivity index (χ1v) is 4.34. The summed E-state index contributed by atoms with van der Waals surface area (Å²) in [7, 11) is -2.61. The minimum atomic E-state index is -2.61. The first kappa shape index (κ1) is 9.88. The molecule has 0 aliphatic carbocycles. The monoisotopic (exact) mass is 100 g/mol. The van der Waals surface area contributed by atoms with Crippen LogP contribution in [0.2, 0.25) is 13.1 Å². The van der Waals surface area contributed by atoms with Crippen molar-refractivity contribution in [3.8, 4) is 0 Å². The molecule has 0 fully saturated rings. The van der Waals surface area contributed by atoms with Gasteiger partial charge in [-0.15, -0.1) is 0 Å². The van der Waals surface area contributed by atoms with Gasteiger partial charge < -0.3 is 11.0 Å². The molecule has 0 aromatic rings. The van der Waals surface area contributed by atoms with E-state index in [4.69, 9.17) is 9.59 Å². The van der Waals surface area contributed by atoms with Crippen molar-refractivity contribution in [2.45, 2.75) is 13.1 Å². The standard InChI is InChI=1S/C2H8O2Si.Li.H/c1-5(2,3)4;;/h3-4H,1-2H3;;/q;+1;-1. The molecule has 0 aromatic heterocycles. The average Bonchev–Trinajstić information content (AvgIpc) is 0.722. The minimum Gasteiger partial charge on any atom is -1.00 e. The predicted octanol–water partition coefficient (Wildman–Crippen LogP) is -3.21. The van der Waals surface area contributed by atoms with E-state index in [-0.39, 0.29) is 20.3 Å². The van der Waals surface area contributed by atoms with Gasteiger partial charge in [-0.2, -0.15) is 0 Å². The van der Waals surface area contributed by atoms with Crippen molar-refractivity contribution in [2.24, 2.45) is 0 Å². The van der Waals surface area contributed by atoms with Crippen LogP contribution in [-0.2, 0) is 0 Å². The zero-order chi connectivity index (χ0) is 4.50. The summed E-state index contributed by atoms with van der Waals surface area (Å²) in [5.74, 6) is 0. The van der Waals surface area contributed by atoms with Crippen molar-refractivity contribution in [1.82, 2.24) is 0 Å². The van der Waals surface area contributed by atoms with Crippen molar-refractivity contribution in [1.29, 1.82) is 0 Å². The van der Waals surface area contributed by atoms with Gasteiger partial charge in [0.2, 0.25) is 0 Å². The maximum atomic E-state index is 8.22. The van der Waals surface area contributed by atoms with Crippen LogP contribution in [0.1, 0.15) is 1.43 Å². The van der Waals surface area contributed by atoms with Gasteiger partial charge >= 0.3 is 27.4 Å². The van der Waals surface area contributed by atoms with Gasteiger partial charge in [0.25, 0.3) is 0 Å². The van der Waals surface area contributed by atoms with Crippen molar-refractivity contribution in [3.05, 3.63) is 0 Å². The molecule has 34 valence electrons. The summed E-state index contributed by atoms with van der Waals surface area (Å²) in [6.07, 6.45) is 0. The third-order valence-electron chi connectivity index (χ3n) is 0. The Morgan fingerprint density at radius 1 is 1.33 bits per heavy atom.